The summed E-state index contributed by atoms with van der Waals surface area (Å²) in [6.07, 6.45) is 0.993. The number of amides is 1. The van der Waals surface area contributed by atoms with Gasteiger partial charge in [-0.25, -0.2) is 4.79 Å². The molecule has 0 bridgehead atoms. The van der Waals surface area contributed by atoms with E-state index in [1.54, 1.807) is 55.6 Å². The van der Waals surface area contributed by atoms with Crippen LogP contribution in [0.4, 0.5) is 10.5 Å². The van der Waals surface area contributed by atoms with Gasteiger partial charge in [-0.2, -0.15) is 0 Å². The van der Waals surface area contributed by atoms with Crippen molar-refractivity contribution in [3.05, 3.63) is 54.1 Å². The summed E-state index contributed by atoms with van der Waals surface area (Å²) >= 11 is 0. The van der Waals surface area contributed by atoms with Gasteiger partial charge in [0.2, 0.25) is 0 Å². The molecule has 0 saturated heterocycles. The van der Waals surface area contributed by atoms with Crippen LogP contribution in [0.3, 0.4) is 0 Å². The van der Waals surface area contributed by atoms with Crippen molar-refractivity contribution in [1.82, 2.24) is 0 Å². The van der Waals surface area contributed by atoms with Crippen molar-refractivity contribution in [3.8, 4) is 17.8 Å². The van der Waals surface area contributed by atoms with Crippen molar-refractivity contribution in [3.63, 3.8) is 0 Å². The number of hydrogen-bond donors (Lipinski definition) is 1. The van der Waals surface area contributed by atoms with Gasteiger partial charge in [0, 0.05) is 11.8 Å². The van der Waals surface area contributed by atoms with Crippen LogP contribution in [-0.4, -0.2) is 6.09 Å². The molecule has 0 spiro atoms. The average Bonchev–Trinajstić information content (AvgIpc) is 2.44. The number of nitriles is 1. The minimum Gasteiger partial charge on any atom is -0.410 e. The fraction of sp³-hybridized carbons (Fsp3) is 0.0667. The Hall–Kier alpha value is -3.00. The molecule has 0 radical (unpaired) electrons. The van der Waals surface area contributed by atoms with E-state index in [1.165, 1.54) is 0 Å². The van der Waals surface area contributed by atoms with Gasteiger partial charge in [0.15, 0.2) is 0 Å². The lowest BCUT2D eigenvalue weighted by atomic mass is 10.2. The van der Waals surface area contributed by atoms with E-state index in [2.05, 4.69) is 5.32 Å². The molecular formula is C15H12N2O3. The second-order valence-electron chi connectivity index (χ2n) is 4.00. The summed E-state index contributed by atoms with van der Waals surface area (Å²) in [5.41, 5.74) is 1.29. The molecular weight excluding hydrogens is 256 g/mol. The molecule has 2 aromatic carbocycles. The first-order valence-electron chi connectivity index (χ1n) is 5.89. The number of hydrogen-bond acceptors (Lipinski definition) is 4. The van der Waals surface area contributed by atoms with Gasteiger partial charge >= 0.3 is 6.09 Å². The second-order valence-corrected chi connectivity index (χ2v) is 4.00. The Morgan fingerprint density at radius 3 is 2.65 bits per heavy atom. The number of benzene rings is 2. The molecule has 1 amide bonds. The van der Waals surface area contributed by atoms with E-state index in [9.17, 15) is 4.79 Å². The molecule has 5 nitrogen and oxygen atoms in total. The molecule has 0 fully saturated rings. The molecule has 1 N–H and O–H groups in total. The number of carbonyl (C=O) groups excluding carboxylic acids is 1. The SMILES string of the molecule is Cc1ccc(NC(=O)Oc2ccccc2)cc1OC#N. The highest BCUT2D eigenvalue weighted by Crippen LogP contribution is 2.22. The molecule has 20 heavy (non-hydrogen) atoms. The maximum absolute atomic E-state index is 11.7. The zero-order chi connectivity index (χ0) is 14.4. The molecule has 0 atom stereocenters. The first-order valence-corrected chi connectivity index (χ1v) is 5.89. The Morgan fingerprint density at radius 2 is 1.95 bits per heavy atom. The normalized spacial score (nSPS) is 9.40. The zero-order valence-electron chi connectivity index (χ0n) is 10.8. The lowest BCUT2D eigenvalue weighted by molar-refractivity contribution is 0.215. The molecule has 5 heteroatoms. The minimum absolute atomic E-state index is 0.394. The number of rotatable bonds is 3. The fourth-order valence-corrected chi connectivity index (χ4v) is 1.58. The molecule has 0 saturated carbocycles. The van der Waals surface area contributed by atoms with E-state index >= 15 is 0 Å². The van der Waals surface area contributed by atoms with Crippen molar-refractivity contribution in [2.24, 2.45) is 0 Å². The summed E-state index contributed by atoms with van der Waals surface area (Å²) in [5, 5.41) is 11.1. The van der Waals surface area contributed by atoms with Gasteiger partial charge in [-0.15, -0.1) is 5.26 Å². The van der Waals surface area contributed by atoms with Gasteiger partial charge in [0.05, 0.1) is 0 Å². The van der Waals surface area contributed by atoms with Crippen LogP contribution in [0.15, 0.2) is 48.5 Å². The van der Waals surface area contributed by atoms with Crippen LogP contribution in [0.25, 0.3) is 0 Å². The lowest BCUT2D eigenvalue weighted by Gasteiger charge is -2.08. The topological polar surface area (TPSA) is 71.3 Å². The third-order valence-electron chi connectivity index (χ3n) is 2.54. The number of anilines is 1. The van der Waals surface area contributed by atoms with Crippen LogP contribution in [0.1, 0.15) is 5.56 Å². The largest absolute Gasteiger partial charge is 0.417 e. The number of aryl methyl sites for hydroxylation is 1. The van der Waals surface area contributed by atoms with Crippen LogP contribution in [0.5, 0.6) is 11.5 Å². The summed E-state index contributed by atoms with van der Waals surface area (Å²) < 4.78 is 9.88. The number of nitrogens with zero attached hydrogens (tertiary/aromatic N) is 1. The standard InChI is InChI=1S/C15H12N2O3/c1-11-7-8-12(9-14(11)19-10-16)17-15(18)20-13-5-3-2-4-6-13/h2-9H,1H3,(H,17,18). The molecule has 0 aliphatic heterocycles. The molecule has 2 rings (SSSR count). The summed E-state index contributed by atoms with van der Waals surface area (Å²) in [4.78, 5) is 11.7. The Morgan fingerprint density at radius 1 is 1.20 bits per heavy atom. The van der Waals surface area contributed by atoms with Crippen molar-refractivity contribution in [2.45, 2.75) is 6.92 Å². The molecule has 0 aliphatic rings. The summed E-state index contributed by atoms with van der Waals surface area (Å²) in [7, 11) is 0. The van der Waals surface area contributed by atoms with Crippen LogP contribution >= 0.6 is 0 Å². The maximum Gasteiger partial charge on any atom is 0.417 e. The molecule has 0 heterocycles. The van der Waals surface area contributed by atoms with E-state index < -0.39 is 6.09 Å². The monoisotopic (exact) mass is 268 g/mol. The van der Waals surface area contributed by atoms with E-state index in [0.29, 0.717) is 17.2 Å². The lowest BCUT2D eigenvalue weighted by Crippen LogP contribution is -2.16. The summed E-state index contributed by atoms with van der Waals surface area (Å²) in [6, 6.07) is 13.7. The summed E-state index contributed by atoms with van der Waals surface area (Å²) in [5.74, 6) is 0.843. The number of ether oxygens (including phenoxy) is 2. The van der Waals surface area contributed by atoms with Gasteiger partial charge < -0.3 is 9.47 Å². The van der Waals surface area contributed by atoms with E-state index in [-0.39, 0.29) is 0 Å². The van der Waals surface area contributed by atoms with Crippen LogP contribution in [-0.2, 0) is 0 Å². The smallest absolute Gasteiger partial charge is 0.410 e. The molecule has 0 aliphatic carbocycles. The van der Waals surface area contributed by atoms with Gasteiger partial charge in [-0.3, -0.25) is 5.32 Å². The van der Waals surface area contributed by atoms with Crippen LogP contribution in [0.2, 0.25) is 0 Å². The number of nitrogens with one attached hydrogen (secondary N) is 1. The average molecular weight is 268 g/mol. The minimum atomic E-state index is -0.608. The quantitative estimate of drug-likeness (QED) is 0.865. The summed E-state index contributed by atoms with van der Waals surface area (Å²) in [6.45, 7) is 1.80. The zero-order valence-corrected chi connectivity index (χ0v) is 10.8. The first kappa shape index (κ1) is 13.4. The van der Waals surface area contributed by atoms with E-state index in [0.717, 1.165) is 5.56 Å². The van der Waals surface area contributed by atoms with Crippen molar-refractivity contribution < 1.29 is 14.3 Å². The van der Waals surface area contributed by atoms with Crippen molar-refractivity contribution in [2.75, 3.05) is 5.32 Å². The van der Waals surface area contributed by atoms with Crippen molar-refractivity contribution in [1.29, 1.82) is 5.26 Å². The number of carbonyl (C=O) groups is 1. The van der Waals surface area contributed by atoms with Gasteiger partial charge in [-0.05, 0) is 30.7 Å². The van der Waals surface area contributed by atoms with Gasteiger partial charge in [0.25, 0.3) is 6.26 Å². The second kappa shape index (κ2) is 6.25. The van der Waals surface area contributed by atoms with Crippen molar-refractivity contribution >= 4 is 11.8 Å². The van der Waals surface area contributed by atoms with E-state index in [4.69, 9.17) is 14.7 Å². The highest BCUT2D eigenvalue weighted by molar-refractivity contribution is 5.86. The Labute approximate surface area is 116 Å². The van der Waals surface area contributed by atoms with Crippen LogP contribution < -0.4 is 14.8 Å². The third kappa shape index (κ3) is 3.50. The molecule has 0 aromatic heterocycles. The highest BCUT2D eigenvalue weighted by Gasteiger charge is 2.07. The Kier molecular flexibility index (Phi) is 4.20. The third-order valence-corrected chi connectivity index (χ3v) is 2.54. The first-order chi connectivity index (χ1) is 9.69. The Balaban J connectivity index is 2.05. The molecule has 0 unspecified atom stereocenters. The maximum atomic E-state index is 11.7. The number of para-hydroxylation sites is 1. The fourth-order valence-electron chi connectivity index (χ4n) is 1.58. The van der Waals surface area contributed by atoms with Crippen LogP contribution in [0, 0.1) is 18.4 Å². The molecule has 2 aromatic rings. The predicted octanol–water partition coefficient (Wildman–Crippen LogP) is 3.47. The highest BCUT2D eigenvalue weighted by atomic mass is 16.6. The Bertz CT molecular complexity index is 648. The van der Waals surface area contributed by atoms with Gasteiger partial charge in [0.1, 0.15) is 11.5 Å². The van der Waals surface area contributed by atoms with Gasteiger partial charge in [-0.1, -0.05) is 24.3 Å². The molecule has 100 valence electrons. The van der Waals surface area contributed by atoms with E-state index in [1.807, 2.05) is 6.07 Å². The predicted molar refractivity (Wildman–Crippen MR) is 73.5 cm³/mol.